The van der Waals surface area contributed by atoms with Crippen LogP contribution in [0.25, 0.3) is 11.3 Å². The largest absolute Gasteiger partial charge is 0.465 e. The lowest BCUT2D eigenvalue weighted by atomic mass is 9.99. The summed E-state index contributed by atoms with van der Waals surface area (Å²) in [6.07, 6.45) is 5.47. The Kier molecular flexibility index (Phi) is 5.13. The number of halogens is 1. The van der Waals surface area contributed by atoms with Gasteiger partial charge in [0.2, 0.25) is 0 Å². The van der Waals surface area contributed by atoms with E-state index in [9.17, 15) is 4.79 Å². The first kappa shape index (κ1) is 18.9. The molecule has 148 valence electrons. The van der Waals surface area contributed by atoms with Crippen LogP contribution in [0.5, 0.6) is 11.8 Å². The van der Waals surface area contributed by atoms with Crippen LogP contribution in [-0.4, -0.2) is 54.7 Å². The van der Waals surface area contributed by atoms with E-state index in [1.54, 1.807) is 49.1 Å². The maximum Gasteiger partial charge on any atom is 0.407 e. The molecule has 3 heterocycles. The maximum absolute atomic E-state index is 11.0. The predicted molar refractivity (Wildman–Crippen MR) is 106 cm³/mol. The molecule has 1 aliphatic heterocycles. The highest BCUT2D eigenvalue weighted by atomic mass is 35.5. The van der Waals surface area contributed by atoms with Crippen LogP contribution < -0.4 is 10.1 Å². The van der Waals surface area contributed by atoms with Crippen LogP contribution in [0.4, 0.5) is 10.6 Å². The third-order valence-electron chi connectivity index (χ3n) is 4.61. The van der Waals surface area contributed by atoms with Gasteiger partial charge < -0.3 is 20.1 Å². The summed E-state index contributed by atoms with van der Waals surface area (Å²) in [5, 5.41) is 12.8. The van der Waals surface area contributed by atoms with Crippen LogP contribution in [0, 0.1) is 0 Å². The lowest BCUT2D eigenvalue weighted by Crippen LogP contribution is -2.63. The molecule has 3 aromatic rings. The molecule has 10 heteroatoms. The van der Waals surface area contributed by atoms with Crippen LogP contribution in [0.1, 0.15) is 6.92 Å². The molecule has 1 amide bonds. The Balaban J connectivity index is 1.44. The lowest BCUT2D eigenvalue weighted by molar-refractivity contribution is 0.0730. The molecule has 0 unspecified atom stereocenters. The molecule has 0 spiro atoms. The minimum Gasteiger partial charge on any atom is -0.465 e. The van der Waals surface area contributed by atoms with Crippen molar-refractivity contribution in [1.29, 1.82) is 0 Å². The summed E-state index contributed by atoms with van der Waals surface area (Å²) < 4.78 is 5.58. The van der Waals surface area contributed by atoms with Gasteiger partial charge in [0.15, 0.2) is 0 Å². The van der Waals surface area contributed by atoms with Gasteiger partial charge in [-0.3, -0.25) is 4.98 Å². The molecule has 4 rings (SSSR count). The number of carbonyl (C=O) groups is 1. The topological polar surface area (TPSA) is 113 Å². The number of benzene rings is 1. The molecule has 2 aromatic heterocycles. The molecule has 29 heavy (non-hydrogen) atoms. The zero-order chi connectivity index (χ0) is 20.4. The monoisotopic (exact) mass is 412 g/mol. The van der Waals surface area contributed by atoms with Crippen molar-refractivity contribution in [1.82, 2.24) is 24.8 Å². The lowest BCUT2D eigenvalue weighted by Gasteiger charge is -2.44. The van der Waals surface area contributed by atoms with Gasteiger partial charge >= 0.3 is 12.1 Å². The molecule has 9 nitrogen and oxygen atoms in total. The molecule has 2 N–H and O–H groups in total. The summed E-state index contributed by atoms with van der Waals surface area (Å²) in [4.78, 5) is 29.5. The second kappa shape index (κ2) is 7.88. The summed E-state index contributed by atoms with van der Waals surface area (Å²) >= 11 is 5.94. The summed E-state index contributed by atoms with van der Waals surface area (Å²) in [6, 6.07) is 7.00. The van der Waals surface area contributed by atoms with Gasteiger partial charge in [0, 0.05) is 29.5 Å². The average Bonchev–Trinajstić information content (AvgIpc) is 2.71. The molecule has 1 aliphatic rings. The molecule has 2 atom stereocenters. The smallest absolute Gasteiger partial charge is 0.407 e. The molecule has 1 aromatic carbocycles. The first-order chi connectivity index (χ1) is 14.0. The predicted octanol–water partition coefficient (Wildman–Crippen LogP) is 3.54. The standard InChI is InChI=1S/C19H17ClN6O3/c1-11-16(10-26(11)19(27)28)25-17-9-21-8-15(24-17)12-6-22-18(23-7-12)29-14-4-2-3-13(20)5-14/h2-9,11,16H,10H2,1H3,(H,24,25)(H,27,28)/t11-,16+/m0/s1. The van der Waals surface area contributed by atoms with Crippen molar-refractivity contribution >= 4 is 23.5 Å². The first-order valence-electron chi connectivity index (χ1n) is 8.83. The maximum atomic E-state index is 11.0. The number of nitrogens with one attached hydrogen (secondary N) is 1. The van der Waals surface area contributed by atoms with Gasteiger partial charge in [-0.1, -0.05) is 17.7 Å². The molecule has 1 fully saturated rings. The van der Waals surface area contributed by atoms with E-state index in [0.29, 0.717) is 34.4 Å². The number of rotatable bonds is 5. The van der Waals surface area contributed by atoms with Gasteiger partial charge in [0.05, 0.1) is 30.2 Å². The van der Waals surface area contributed by atoms with Crippen LogP contribution in [0.3, 0.4) is 0 Å². The van der Waals surface area contributed by atoms with Crippen molar-refractivity contribution in [2.24, 2.45) is 0 Å². The SMILES string of the molecule is C[C@H]1[C@H](Nc2cncc(-c3cnc(Oc4cccc(Cl)c4)nc3)n2)CN1C(=O)O. The van der Waals surface area contributed by atoms with E-state index in [1.165, 1.54) is 4.90 Å². The van der Waals surface area contributed by atoms with Gasteiger partial charge in [-0.15, -0.1) is 0 Å². The van der Waals surface area contributed by atoms with Crippen LogP contribution in [0.15, 0.2) is 49.1 Å². The number of ether oxygens (including phenoxy) is 1. The van der Waals surface area contributed by atoms with Gasteiger partial charge in [-0.25, -0.2) is 19.7 Å². The van der Waals surface area contributed by atoms with Crippen molar-refractivity contribution < 1.29 is 14.6 Å². The summed E-state index contributed by atoms with van der Waals surface area (Å²) in [6.45, 7) is 2.25. The number of amides is 1. The Morgan fingerprint density at radius 1 is 1.28 bits per heavy atom. The minimum atomic E-state index is -0.924. The number of hydrogen-bond acceptors (Lipinski definition) is 7. The number of carboxylic acid groups (broad SMARTS) is 1. The Labute approximate surface area is 171 Å². The number of nitrogens with zero attached hydrogens (tertiary/aromatic N) is 5. The van der Waals surface area contributed by atoms with Crippen LogP contribution in [-0.2, 0) is 0 Å². The fourth-order valence-electron chi connectivity index (χ4n) is 2.93. The van der Waals surface area contributed by atoms with Gasteiger partial charge in [-0.05, 0) is 25.1 Å². The second-order valence-electron chi connectivity index (χ2n) is 6.53. The third-order valence-corrected chi connectivity index (χ3v) is 4.85. The molecular formula is C19H17ClN6O3. The normalized spacial score (nSPS) is 18.1. The molecule has 0 radical (unpaired) electrons. The van der Waals surface area contributed by atoms with E-state index < -0.39 is 6.09 Å². The van der Waals surface area contributed by atoms with Crippen LogP contribution in [0.2, 0.25) is 5.02 Å². The molecule has 0 saturated carbocycles. The highest BCUT2D eigenvalue weighted by Gasteiger charge is 2.38. The quantitative estimate of drug-likeness (QED) is 0.654. The Morgan fingerprint density at radius 2 is 2.07 bits per heavy atom. The average molecular weight is 413 g/mol. The summed E-state index contributed by atoms with van der Waals surface area (Å²) in [5.74, 6) is 1.10. The van der Waals surface area contributed by atoms with Gasteiger partial charge in [0.25, 0.3) is 0 Å². The second-order valence-corrected chi connectivity index (χ2v) is 6.97. The molecule has 1 saturated heterocycles. The van der Waals surface area contributed by atoms with Crippen molar-refractivity contribution in [2.75, 3.05) is 11.9 Å². The highest BCUT2D eigenvalue weighted by Crippen LogP contribution is 2.24. The minimum absolute atomic E-state index is 0.0135. The summed E-state index contributed by atoms with van der Waals surface area (Å²) in [7, 11) is 0. The zero-order valence-electron chi connectivity index (χ0n) is 15.4. The van der Waals surface area contributed by atoms with E-state index >= 15 is 0 Å². The summed E-state index contributed by atoms with van der Waals surface area (Å²) in [5.41, 5.74) is 1.26. The number of anilines is 1. The fraction of sp³-hybridized carbons (Fsp3) is 0.211. The van der Waals surface area contributed by atoms with Crippen molar-refractivity contribution in [3.05, 3.63) is 54.1 Å². The fourth-order valence-corrected chi connectivity index (χ4v) is 3.11. The number of aromatic nitrogens is 4. The highest BCUT2D eigenvalue weighted by molar-refractivity contribution is 6.30. The molecule has 0 bridgehead atoms. The van der Waals surface area contributed by atoms with Crippen LogP contribution >= 0.6 is 11.6 Å². The van der Waals surface area contributed by atoms with E-state index in [1.807, 2.05) is 6.92 Å². The number of hydrogen-bond donors (Lipinski definition) is 2. The van der Waals surface area contributed by atoms with E-state index in [4.69, 9.17) is 21.4 Å². The van der Waals surface area contributed by atoms with E-state index in [-0.39, 0.29) is 18.1 Å². The zero-order valence-corrected chi connectivity index (χ0v) is 16.1. The van der Waals surface area contributed by atoms with Crippen molar-refractivity contribution in [2.45, 2.75) is 19.0 Å². The van der Waals surface area contributed by atoms with E-state index in [0.717, 1.165) is 0 Å². The molecular weight excluding hydrogens is 396 g/mol. The number of likely N-dealkylation sites (tertiary alicyclic amines) is 1. The Morgan fingerprint density at radius 3 is 2.76 bits per heavy atom. The van der Waals surface area contributed by atoms with Gasteiger partial charge in [-0.2, -0.15) is 0 Å². The third kappa shape index (κ3) is 4.19. The Hall–Kier alpha value is -3.46. The van der Waals surface area contributed by atoms with E-state index in [2.05, 4.69) is 25.3 Å². The van der Waals surface area contributed by atoms with Crippen molar-refractivity contribution in [3.8, 4) is 23.0 Å². The van der Waals surface area contributed by atoms with Crippen molar-refractivity contribution in [3.63, 3.8) is 0 Å². The van der Waals surface area contributed by atoms with Gasteiger partial charge in [0.1, 0.15) is 11.6 Å². The Bertz CT molecular complexity index is 1030. The first-order valence-corrected chi connectivity index (χ1v) is 9.21. The molecule has 0 aliphatic carbocycles.